The minimum Gasteiger partial charge on any atom is -0.479 e. The minimum atomic E-state index is -1.18. The molecule has 3 nitrogen and oxygen atoms in total. The number of ether oxygens (including phenoxy) is 2. The molecule has 1 unspecified atom stereocenters. The van der Waals surface area contributed by atoms with E-state index in [1.54, 1.807) is 11.8 Å². The summed E-state index contributed by atoms with van der Waals surface area (Å²) in [5.41, 5.74) is 0. The standard InChI is InChI=1S/C13H24O3S2Si/c1-6-16-13(17)18-11(10-19(3,4)5)8-7-9-12(14)15-2/h7,9,11H,6,8,10H2,1-5H3/b9-7-. The third kappa shape index (κ3) is 11.2. The van der Waals surface area contributed by atoms with E-state index in [0.29, 0.717) is 16.2 Å². The number of hydrogen-bond acceptors (Lipinski definition) is 5. The summed E-state index contributed by atoms with van der Waals surface area (Å²) < 4.78 is 10.5. The van der Waals surface area contributed by atoms with E-state index in [2.05, 4.69) is 24.4 Å². The Morgan fingerprint density at radius 2 is 2.05 bits per heavy atom. The van der Waals surface area contributed by atoms with Gasteiger partial charge < -0.3 is 9.47 Å². The monoisotopic (exact) mass is 320 g/mol. The van der Waals surface area contributed by atoms with Gasteiger partial charge in [-0.2, -0.15) is 0 Å². The van der Waals surface area contributed by atoms with Crippen LogP contribution >= 0.6 is 24.0 Å². The molecule has 0 bridgehead atoms. The molecule has 0 aromatic heterocycles. The molecule has 0 amide bonds. The molecule has 0 saturated heterocycles. The lowest BCUT2D eigenvalue weighted by Crippen LogP contribution is -2.25. The van der Waals surface area contributed by atoms with Crippen molar-refractivity contribution in [2.45, 2.75) is 44.3 Å². The summed E-state index contributed by atoms with van der Waals surface area (Å²) in [5.74, 6) is -0.316. The van der Waals surface area contributed by atoms with E-state index in [1.165, 1.54) is 13.2 Å². The number of esters is 1. The van der Waals surface area contributed by atoms with E-state index >= 15 is 0 Å². The maximum absolute atomic E-state index is 11.0. The van der Waals surface area contributed by atoms with Crippen molar-refractivity contribution >= 4 is 42.4 Å². The average molecular weight is 321 g/mol. The van der Waals surface area contributed by atoms with Gasteiger partial charge >= 0.3 is 5.97 Å². The predicted octanol–water partition coefficient (Wildman–Crippen LogP) is 3.87. The Bertz CT molecular complexity index is 324. The maximum atomic E-state index is 11.0. The Hall–Kier alpha value is -0.333. The van der Waals surface area contributed by atoms with Crippen molar-refractivity contribution in [1.29, 1.82) is 0 Å². The summed E-state index contributed by atoms with van der Waals surface area (Å²) in [5, 5.41) is 0.367. The zero-order chi connectivity index (χ0) is 14.9. The highest BCUT2D eigenvalue weighted by atomic mass is 32.2. The number of hydrogen-bond donors (Lipinski definition) is 0. The van der Waals surface area contributed by atoms with Gasteiger partial charge in [-0.1, -0.05) is 37.5 Å². The van der Waals surface area contributed by atoms with Crippen LogP contribution in [0.15, 0.2) is 12.2 Å². The lowest BCUT2D eigenvalue weighted by atomic mass is 10.3. The molecular weight excluding hydrogens is 296 g/mol. The van der Waals surface area contributed by atoms with Crippen molar-refractivity contribution in [3.8, 4) is 0 Å². The fraction of sp³-hybridized carbons (Fsp3) is 0.692. The van der Waals surface area contributed by atoms with Crippen molar-refractivity contribution in [1.82, 2.24) is 0 Å². The second-order valence-corrected chi connectivity index (χ2v) is 12.8. The topological polar surface area (TPSA) is 35.5 Å². The Kier molecular flexibility index (Phi) is 9.38. The number of carbonyl (C=O) groups excluding carboxylic acids is 1. The molecule has 0 N–H and O–H groups in total. The van der Waals surface area contributed by atoms with Crippen LogP contribution in [0.2, 0.25) is 25.7 Å². The maximum Gasteiger partial charge on any atom is 0.330 e. The van der Waals surface area contributed by atoms with Crippen LogP contribution in [-0.2, 0) is 14.3 Å². The van der Waals surface area contributed by atoms with Crippen LogP contribution < -0.4 is 0 Å². The van der Waals surface area contributed by atoms with Crippen LogP contribution in [0.5, 0.6) is 0 Å². The summed E-state index contributed by atoms with van der Waals surface area (Å²) in [6.07, 6.45) is 4.14. The van der Waals surface area contributed by atoms with Crippen LogP contribution in [0.1, 0.15) is 13.3 Å². The summed E-state index contributed by atoms with van der Waals surface area (Å²) in [6.45, 7) is 9.51. The fourth-order valence-electron chi connectivity index (χ4n) is 1.53. The van der Waals surface area contributed by atoms with Gasteiger partial charge in [0.15, 0.2) is 0 Å². The molecule has 0 aromatic rings. The summed E-state index contributed by atoms with van der Waals surface area (Å²) in [7, 11) is 0.198. The van der Waals surface area contributed by atoms with E-state index in [1.807, 2.05) is 13.0 Å². The van der Waals surface area contributed by atoms with Gasteiger partial charge in [-0.25, -0.2) is 4.79 Å². The van der Waals surface area contributed by atoms with Gasteiger partial charge in [-0.3, -0.25) is 0 Å². The van der Waals surface area contributed by atoms with Crippen molar-refractivity contribution in [3.63, 3.8) is 0 Å². The first kappa shape index (κ1) is 18.7. The second-order valence-electron chi connectivity index (χ2n) is 5.35. The summed E-state index contributed by atoms with van der Waals surface area (Å²) in [6, 6.07) is 1.14. The van der Waals surface area contributed by atoms with Gasteiger partial charge in [-0.05, 0) is 31.6 Å². The Morgan fingerprint density at radius 1 is 1.42 bits per heavy atom. The highest BCUT2D eigenvalue weighted by Gasteiger charge is 2.21. The molecular formula is C13H24O3S2Si. The number of rotatable bonds is 7. The zero-order valence-corrected chi connectivity index (χ0v) is 15.0. The Morgan fingerprint density at radius 3 is 2.53 bits per heavy atom. The van der Waals surface area contributed by atoms with Crippen molar-refractivity contribution < 1.29 is 14.3 Å². The number of methoxy groups -OCH3 is 1. The molecule has 0 spiro atoms. The molecule has 0 aliphatic heterocycles. The molecule has 0 aliphatic carbocycles. The SMILES string of the molecule is CCOC(=S)SC(C/C=C\C(=O)OC)C[Si](C)(C)C. The average Bonchev–Trinajstić information content (AvgIpc) is 2.26. The molecule has 6 heteroatoms. The highest BCUT2D eigenvalue weighted by Crippen LogP contribution is 2.27. The predicted molar refractivity (Wildman–Crippen MR) is 89.5 cm³/mol. The van der Waals surface area contributed by atoms with Crippen LogP contribution in [0.3, 0.4) is 0 Å². The van der Waals surface area contributed by atoms with E-state index in [9.17, 15) is 4.79 Å². The third-order valence-electron chi connectivity index (χ3n) is 2.22. The van der Waals surface area contributed by atoms with Crippen LogP contribution in [0.4, 0.5) is 0 Å². The number of allylic oxidation sites excluding steroid dienone is 1. The summed E-state index contributed by atoms with van der Waals surface area (Å²) in [4.78, 5) is 11.0. The van der Waals surface area contributed by atoms with Crippen molar-refractivity contribution in [2.24, 2.45) is 0 Å². The van der Waals surface area contributed by atoms with Gasteiger partial charge in [0.2, 0.25) is 4.38 Å². The third-order valence-corrected chi connectivity index (χ3v) is 5.64. The molecule has 0 aromatic carbocycles. The molecule has 0 saturated carbocycles. The van der Waals surface area contributed by atoms with Gasteiger partial charge in [0, 0.05) is 19.4 Å². The van der Waals surface area contributed by atoms with Crippen molar-refractivity contribution in [2.75, 3.05) is 13.7 Å². The number of thioether (sulfide) groups is 1. The normalized spacial score (nSPS) is 13.3. The number of thiocarbonyl (C=S) groups is 1. The van der Waals surface area contributed by atoms with Crippen molar-refractivity contribution in [3.05, 3.63) is 12.2 Å². The molecule has 110 valence electrons. The van der Waals surface area contributed by atoms with E-state index in [4.69, 9.17) is 17.0 Å². The van der Waals surface area contributed by atoms with Gasteiger partial charge in [0.25, 0.3) is 0 Å². The first-order chi connectivity index (χ1) is 8.78. The quantitative estimate of drug-likeness (QED) is 0.308. The molecule has 0 rings (SSSR count). The molecule has 19 heavy (non-hydrogen) atoms. The van der Waals surface area contributed by atoms with E-state index in [-0.39, 0.29) is 5.97 Å². The Balaban J connectivity index is 4.45. The first-order valence-corrected chi connectivity index (χ1v) is 11.4. The van der Waals surface area contributed by atoms with Crippen LogP contribution in [0.25, 0.3) is 0 Å². The minimum absolute atomic E-state index is 0.316. The second kappa shape index (κ2) is 9.55. The van der Waals surface area contributed by atoms with Gasteiger partial charge in [0.05, 0.1) is 13.7 Å². The molecule has 1 atom stereocenters. The van der Waals surface area contributed by atoms with E-state index in [0.717, 1.165) is 12.5 Å². The highest BCUT2D eigenvalue weighted by molar-refractivity contribution is 8.23. The largest absolute Gasteiger partial charge is 0.479 e. The first-order valence-electron chi connectivity index (χ1n) is 6.36. The summed E-state index contributed by atoms with van der Waals surface area (Å²) >= 11 is 6.78. The lowest BCUT2D eigenvalue weighted by Gasteiger charge is -2.23. The number of carbonyl (C=O) groups is 1. The lowest BCUT2D eigenvalue weighted by molar-refractivity contribution is -0.134. The molecule has 0 aliphatic rings. The molecule has 0 radical (unpaired) electrons. The van der Waals surface area contributed by atoms with E-state index < -0.39 is 8.07 Å². The van der Waals surface area contributed by atoms with Crippen LogP contribution in [-0.4, -0.2) is 37.4 Å². The van der Waals surface area contributed by atoms with Crippen LogP contribution in [0, 0.1) is 0 Å². The fourth-order valence-corrected chi connectivity index (χ4v) is 6.09. The molecule has 0 heterocycles. The van der Waals surface area contributed by atoms with Gasteiger partial charge in [0.1, 0.15) is 0 Å². The zero-order valence-electron chi connectivity index (χ0n) is 12.4. The van der Waals surface area contributed by atoms with Gasteiger partial charge in [-0.15, -0.1) is 0 Å². The molecule has 0 fully saturated rings. The smallest absolute Gasteiger partial charge is 0.330 e. The Labute approximate surface area is 127 Å².